The summed E-state index contributed by atoms with van der Waals surface area (Å²) >= 11 is 5.66. The lowest BCUT2D eigenvalue weighted by molar-refractivity contribution is 0.0694. The van der Waals surface area contributed by atoms with Crippen molar-refractivity contribution in [2.24, 2.45) is 0 Å². The van der Waals surface area contributed by atoms with E-state index in [1.54, 1.807) is 12.1 Å². The van der Waals surface area contributed by atoms with Crippen LogP contribution in [0.1, 0.15) is 10.4 Å². The molecule has 2 rings (SSSR count). The van der Waals surface area contributed by atoms with Gasteiger partial charge in [-0.05, 0) is 12.1 Å². The number of halogens is 1. The first-order chi connectivity index (χ1) is 8.08. The summed E-state index contributed by atoms with van der Waals surface area (Å²) in [5.74, 6) is -1.13. The van der Waals surface area contributed by atoms with Crippen molar-refractivity contribution in [2.75, 3.05) is 0 Å². The van der Waals surface area contributed by atoms with Crippen molar-refractivity contribution in [1.29, 1.82) is 0 Å². The van der Waals surface area contributed by atoms with Gasteiger partial charge in [0.05, 0.1) is 5.02 Å². The standard InChI is InChI=1S/C10H6ClN3O3/c11-5-1-2-7(12-3-5)8-13-4-6(10(16)17)9(15)14-8/h1-4H,(H,16,17)(H,13,14,15). The molecule has 0 saturated heterocycles. The van der Waals surface area contributed by atoms with Gasteiger partial charge in [-0.1, -0.05) is 11.6 Å². The Balaban J connectivity index is 2.48. The van der Waals surface area contributed by atoms with Crippen LogP contribution in [-0.2, 0) is 0 Å². The Kier molecular flexibility index (Phi) is 2.88. The van der Waals surface area contributed by atoms with Crippen LogP contribution >= 0.6 is 11.6 Å². The molecule has 0 amide bonds. The van der Waals surface area contributed by atoms with Gasteiger partial charge in [0.25, 0.3) is 5.56 Å². The lowest BCUT2D eigenvalue weighted by atomic mass is 10.3. The molecule has 0 aliphatic rings. The van der Waals surface area contributed by atoms with E-state index in [4.69, 9.17) is 16.7 Å². The second-order valence-corrected chi connectivity index (χ2v) is 3.58. The molecule has 0 aromatic carbocycles. The van der Waals surface area contributed by atoms with Crippen molar-refractivity contribution in [3.05, 3.63) is 45.5 Å². The number of rotatable bonds is 2. The lowest BCUT2D eigenvalue weighted by Crippen LogP contribution is -2.18. The molecule has 0 radical (unpaired) electrons. The average molecular weight is 252 g/mol. The first kappa shape index (κ1) is 11.3. The van der Waals surface area contributed by atoms with E-state index in [1.165, 1.54) is 6.20 Å². The fourth-order valence-corrected chi connectivity index (χ4v) is 1.31. The zero-order chi connectivity index (χ0) is 12.4. The maximum Gasteiger partial charge on any atom is 0.342 e. The smallest absolute Gasteiger partial charge is 0.342 e. The number of pyridine rings is 1. The number of carbonyl (C=O) groups is 1. The van der Waals surface area contributed by atoms with Crippen LogP contribution in [-0.4, -0.2) is 26.0 Å². The molecular weight excluding hydrogens is 246 g/mol. The summed E-state index contributed by atoms with van der Waals surface area (Å²) in [6, 6.07) is 3.16. The molecule has 6 nitrogen and oxygen atoms in total. The zero-order valence-electron chi connectivity index (χ0n) is 8.35. The Bertz CT molecular complexity index is 621. The Labute approximate surface area is 99.9 Å². The minimum Gasteiger partial charge on any atom is -0.477 e. The van der Waals surface area contributed by atoms with Crippen molar-refractivity contribution < 1.29 is 9.90 Å². The van der Waals surface area contributed by atoms with Gasteiger partial charge < -0.3 is 10.1 Å². The highest BCUT2D eigenvalue weighted by atomic mass is 35.5. The van der Waals surface area contributed by atoms with Crippen LogP contribution in [0.4, 0.5) is 0 Å². The molecule has 0 bridgehead atoms. The number of H-pyrrole nitrogens is 1. The summed E-state index contributed by atoms with van der Waals surface area (Å²) < 4.78 is 0. The number of nitrogens with zero attached hydrogens (tertiary/aromatic N) is 2. The molecule has 0 saturated carbocycles. The Morgan fingerprint density at radius 2 is 2.06 bits per heavy atom. The molecule has 0 unspecified atom stereocenters. The van der Waals surface area contributed by atoms with Crippen molar-refractivity contribution in [3.8, 4) is 11.5 Å². The van der Waals surface area contributed by atoms with Gasteiger partial charge in [-0.3, -0.25) is 9.78 Å². The van der Waals surface area contributed by atoms with Gasteiger partial charge in [-0.25, -0.2) is 9.78 Å². The van der Waals surface area contributed by atoms with Gasteiger partial charge in [-0.15, -0.1) is 0 Å². The number of aromatic nitrogens is 3. The minimum absolute atomic E-state index is 0.191. The molecule has 2 heterocycles. The van der Waals surface area contributed by atoms with Crippen molar-refractivity contribution in [1.82, 2.24) is 15.0 Å². The van der Waals surface area contributed by atoms with Crippen LogP contribution in [0.5, 0.6) is 0 Å². The Hall–Kier alpha value is -2.21. The number of hydrogen-bond acceptors (Lipinski definition) is 4. The quantitative estimate of drug-likeness (QED) is 0.836. The second-order valence-electron chi connectivity index (χ2n) is 3.14. The second kappa shape index (κ2) is 4.34. The predicted molar refractivity (Wildman–Crippen MR) is 60.1 cm³/mol. The fraction of sp³-hybridized carbons (Fsp3) is 0. The first-order valence-corrected chi connectivity index (χ1v) is 4.90. The molecule has 0 aliphatic heterocycles. The lowest BCUT2D eigenvalue weighted by Gasteiger charge is -2.00. The number of aromatic carboxylic acids is 1. The maximum atomic E-state index is 11.4. The molecule has 0 fully saturated rings. The van der Waals surface area contributed by atoms with Gasteiger partial charge in [0.1, 0.15) is 11.3 Å². The number of hydrogen-bond donors (Lipinski definition) is 2. The third-order valence-electron chi connectivity index (χ3n) is 2.00. The molecule has 86 valence electrons. The van der Waals surface area contributed by atoms with Crippen LogP contribution in [0.25, 0.3) is 11.5 Å². The summed E-state index contributed by atoms with van der Waals surface area (Å²) in [6.07, 6.45) is 2.40. The summed E-state index contributed by atoms with van der Waals surface area (Å²) in [7, 11) is 0. The monoisotopic (exact) mass is 251 g/mol. The van der Waals surface area contributed by atoms with Crippen LogP contribution in [0.3, 0.4) is 0 Å². The molecule has 0 spiro atoms. The van der Waals surface area contributed by atoms with Crippen molar-refractivity contribution >= 4 is 17.6 Å². The first-order valence-electron chi connectivity index (χ1n) is 4.52. The van der Waals surface area contributed by atoms with E-state index < -0.39 is 17.1 Å². The van der Waals surface area contributed by atoms with Crippen LogP contribution in [0.15, 0.2) is 29.3 Å². The van der Waals surface area contributed by atoms with Gasteiger partial charge in [0.2, 0.25) is 0 Å². The van der Waals surface area contributed by atoms with Crippen molar-refractivity contribution in [3.63, 3.8) is 0 Å². The van der Waals surface area contributed by atoms with E-state index in [0.717, 1.165) is 6.20 Å². The normalized spacial score (nSPS) is 10.2. The van der Waals surface area contributed by atoms with E-state index in [2.05, 4.69) is 15.0 Å². The van der Waals surface area contributed by atoms with Gasteiger partial charge in [0, 0.05) is 12.4 Å². The molecule has 2 aromatic heterocycles. The van der Waals surface area contributed by atoms with E-state index >= 15 is 0 Å². The topological polar surface area (TPSA) is 95.9 Å². The third-order valence-corrected chi connectivity index (χ3v) is 2.22. The minimum atomic E-state index is -1.32. The van der Waals surface area contributed by atoms with Crippen molar-refractivity contribution in [2.45, 2.75) is 0 Å². The largest absolute Gasteiger partial charge is 0.477 e. The molecule has 0 atom stereocenters. The number of carboxylic acid groups (broad SMARTS) is 1. The molecule has 0 aliphatic carbocycles. The number of nitrogens with one attached hydrogen (secondary N) is 1. The third kappa shape index (κ3) is 2.31. The summed E-state index contributed by atoms with van der Waals surface area (Å²) in [6.45, 7) is 0. The van der Waals surface area contributed by atoms with Crippen LogP contribution < -0.4 is 5.56 Å². The number of aromatic amines is 1. The average Bonchev–Trinajstić information content (AvgIpc) is 2.29. The summed E-state index contributed by atoms with van der Waals surface area (Å²) in [5, 5.41) is 9.13. The van der Waals surface area contributed by atoms with Crippen LogP contribution in [0.2, 0.25) is 5.02 Å². The molecular formula is C10H6ClN3O3. The SMILES string of the molecule is O=C(O)c1cnc(-c2ccc(Cl)cn2)[nH]c1=O. The van der Waals surface area contributed by atoms with Crippen LogP contribution in [0, 0.1) is 0 Å². The van der Waals surface area contributed by atoms with Gasteiger partial charge >= 0.3 is 5.97 Å². The van der Waals surface area contributed by atoms with E-state index in [1.807, 2.05) is 0 Å². The van der Waals surface area contributed by atoms with Gasteiger partial charge in [0.15, 0.2) is 5.82 Å². The summed E-state index contributed by atoms with van der Waals surface area (Å²) in [4.78, 5) is 32.1. The highest BCUT2D eigenvalue weighted by Gasteiger charge is 2.10. The van der Waals surface area contributed by atoms with E-state index in [9.17, 15) is 9.59 Å². The van der Waals surface area contributed by atoms with E-state index in [-0.39, 0.29) is 5.82 Å². The molecule has 2 N–H and O–H groups in total. The zero-order valence-corrected chi connectivity index (χ0v) is 9.10. The highest BCUT2D eigenvalue weighted by Crippen LogP contribution is 2.13. The van der Waals surface area contributed by atoms with Gasteiger partial charge in [-0.2, -0.15) is 0 Å². The predicted octanol–water partition coefficient (Wildman–Crippen LogP) is 1.18. The Morgan fingerprint density at radius 3 is 2.59 bits per heavy atom. The molecule has 2 aromatic rings. The summed E-state index contributed by atoms with van der Waals surface area (Å²) in [5.41, 5.74) is -0.731. The maximum absolute atomic E-state index is 11.4. The van der Waals surface area contributed by atoms with E-state index in [0.29, 0.717) is 10.7 Å². The fourth-order valence-electron chi connectivity index (χ4n) is 1.19. The Morgan fingerprint density at radius 1 is 1.29 bits per heavy atom. The molecule has 17 heavy (non-hydrogen) atoms. The molecule has 7 heteroatoms. The highest BCUT2D eigenvalue weighted by molar-refractivity contribution is 6.30. The number of carboxylic acids is 1.